The summed E-state index contributed by atoms with van der Waals surface area (Å²) in [5.74, 6) is -0.190. The summed E-state index contributed by atoms with van der Waals surface area (Å²) in [6.45, 7) is 1.07. The molecule has 1 saturated heterocycles. The van der Waals surface area contributed by atoms with Crippen LogP contribution in [0, 0.1) is 5.82 Å². The second kappa shape index (κ2) is 5.20. The Bertz CT molecular complexity index is 615. The molecule has 0 atom stereocenters. The largest absolute Gasteiger partial charge is 0.348 e. The first kappa shape index (κ1) is 12.5. The molecule has 1 aliphatic rings. The van der Waals surface area contributed by atoms with Crippen LogP contribution in [0.2, 0.25) is 0 Å². The van der Waals surface area contributed by atoms with Crippen LogP contribution in [0.1, 0.15) is 10.4 Å². The minimum Gasteiger partial charge on any atom is -0.348 e. The summed E-state index contributed by atoms with van der Waals surface area (Å²) in [4.78, 5) is 25.4. The number of pyridine rings is 1. The van der Waals surface area contributed by atoms with Gasteiger partial charge in [0, 0.05) is 31.7 Å². The number of carbonyl (C=O) groups excluding carboxylic acids is 1. The van der Waals surface area contributed by atoms with Gasteiger partial charge >= 0.3 is 0 Å². The Hall–Kier alpha value is -2.57. The number of likely N-dealkylation sites (tertiary alicyclic amines) is 1. The third-order valence-corrected chi connectivity index (χ3v) is 3.02. The molecular formula is C13H12FN5O. The second-order valence-corrected chi connectivity index (χ2v) is 4.52. The van der Waals surface area contributed by atoms with Crippen molar-refractivity contribution in [2.45, 2.75) is 6.04 Å². The molecule has 1 aliphatic heterocycles. The summed E-state index contributed by atoms with van der Waals surface area (Å²) in [5.41, 5.74) is 0.263. The molecular weight excluding hydrogens is 261 g/mol. The predicted molar refractivity (Wildman–Crippen MR) is 69.5 cm³/mol. The first-order valence-corrected chi connectivity index (χ1v) is 6.16. The standard InChI is InChI=1S/C13H12FN5O/c14-10-4-9(5-15-6-10)12(20)19-7-11(8-19)18-13-16-2-1-3-17-13/h1-6,11H,7-8H2,(H,16,17,18). The van der Waals surface area contributed by atoms with Crippen molar-refractivity contribution in [3.8, 4) is 0 Å². The molecule has 0 unspecified atom stereocenters. The maximum atomic E-state index is 13.0. The highest BCUT2D eigenvalue weighted by atomic mass is 19.1. The van der Waals surface area contributed by atoms with Gasteiger partial charge in [0.05, 0.1) is 17.8 Å². The van der Waals surface area contributed by atoms with E-state index in [0.717, 1.165) is 6.20 Å². The smallest absolute Gasteiger partial charge is 0.255 e. The van der Waals surface area contributed by atoms with E-state index in [-0.39, 0.29) is 17.5 Å². The third kappa shape index (κ3) is 2.56. The molecule has 0 saturated carbocycles. The van der Waals surface area contributed by atoms with Crippen molar-refractivity contribution in [3.63, 3.8) is 0 Å². The summed E-state index contributed by atoms with van der Waals surface area (Å²) in [6, 6.07) is 3.04. The Balaban J connectivity index is 1.56. The van der Waals surface area contributed by atoms with Gasteiger partial charge in [-0.25, -0.2) is 14.4 Å². The topological polar surface area (TPSA) is 71.0 Å². The highest BCUT2D eigenvalue weighted by Gasteiger charge is 2.31. The lowest BCUT2D eigenvalue weighted by Crippen LogP contribution is -2.57. The van der Waals surface area contributed by atoms with Crippen molar-refractivity contribution in [1.82, 2.24) is 19.9 Å². The van der Waals surface area contributed by atoms with Gasteiger partial charge in [0.15, 0.2) is 0 Å². The van der Waals surface area contributed by atoms with Gasteiger partial charge in [-0.05, 0) is 12.1 Å². The SMILES string of the molecule is O=C(c1cncc(F)c1)N1CC(Nc2ncccn2)C1. The normalized spacial score (nSPS) is 14.8. The number of carbonyl (C=O) groups is 1. The van der Waals surface area contributed by atoms with Gasteiger partial charge in [0.25, 0.3) is 5.91 Å². The van der Waals surface area contributed by atoms with Crippen molar-refractivity contribution >= 4 is 11.9 Å². The molecule has 7 heteroatoms. The van der Waals surface area contributed by atoms with Gasteiger partial charge < -0.3 is 10.2 Å². The highest BCUT2D eigenvalue weighted by molar-refractivity contribution is 5.94. The first-order valence-electron chi connectivity index (χ1n) is 6.16. The summed E-state index contributed by atoms with van der Waals surface area (Å²) < 4.78 is 13.0. The van der Waals surface area contributed by atoms with Crippen LogP contribution in [0.4, 0.5) is 10.3 Å². The van der Waals surface area contributed by atoms with Crippen LogP contribution >= 0.6 is 0 Å². The summed E-state index contributed by atoms with van der Waals surface area (Å²) >= 11 is 0. The van der Waals surface area contributed by atoms with Crippen LogP contribution in [0.15, 0.2) is 36.9 Å². The van der Waals surface area contributed by atoms with E-state index in [0.29, 0.717) is 19.0 Å². The second-order valence-electron chi connectivity index (χ2n) is 4.52. The molecule has 0 aromatic carbocycles. The fraction of sp³-hybridized carbons (Fsp3) is 0.231. The van der Waals surface area contributed by atoms with E-state index < -0.39 is 5.82 Å². The number of aromatic nitrogens is 3. The number of nitrogens with one attached hydrogen (secondary N) is 1. The molecule has 1 amide bonds. The summed E-state index contributed by atoms with van der Waals surface area (Å²) in [7, 11) is 0. The Kier molecular flexibility index (Phi) is 3.24. The summed E-state index contributed by atoms with van der Waals surface area (Å²) in [5, 5.41) is 3.12. The fourth-order valence-electron chi connectivity index (χ4n) is 2.00. The van der Waals surface area contributed by atoms with E-state index in [1.165, 1.54) is 12.3 Å². The zero-order valence-electron chi connectivity index (χ0n) is 10.5. The van der Waals surface area contributed by atoms with E-state index in [1.54, 1.807) is 23.4 Å². The van der Waals surface area contributed by atoms with Crippen molar-refractivity contribution in [2.24, 2.45) is 0 Å². The molecule has 2 aromatic rings. The monoisotopic (exact) mass is 273 g/mol. The van der Waals surface area contributed by atoms with Crippen LogP contribution in [-0.4, -0.2) is 44.9 Å². The molecule has 6 nitrogen and oxygen atoms in total. The van der Waals surface area contributed by atoms with E-state index >= 15 is 0 Å². The lowest BCUT2D eigenvalue weighted by atomic mass is 10.1. The average Bonchev–Trinajstić information content (AvgIpc) is 2.43. The van der Waals surface area contributed by atoms with E-state index in [9.17, 15) is 9.18 Å². The maximum absolute atomic E-state index is 13.0. The molecule has 0 spiro atoms. The van der Waals surface area contributed by atoms with Crippen LogP contribution in [0.25, 0.3) is 0 Å². The van der Waals surface area contributed by atoms with Gasteiger partial charge in [-0.15, -0.1) is 0 Å². The molecule has 1 fully saturated rings. The van der Waals surface area contributed by atoms with Gasteiger partial charge in [-0.3, -0.25) is 9.78 Å². The molecule has 0 aliphatic carbocycles. The molecule has 102 valence electrons. The number of hydrogen-bond acceptors (Lipinski definition) is 5. The first-order chi connectivity index (χ1) is 9.72. The van der Waals surface area contributed by atoms with Crippen LogP contribution in [0.3, 0.4) is 0 Å². The number of rotatable bonds is 3. The zero-order valence-corrected chi connectivity index (χ0v) is 10.5. The molecule has 0 bridgehead atoms. The molecule has 1 N–H and O–H groups in total. The Labute approximate surface area is 114 Å². The van der Waals surface area contributed by atoms with E-state index in [2.05, 4.69) is 20.3 Å². The highest BCUT2D eigenvalue weighted by Crippen LogP contribution is 2.15. The van der Waals surface area contributed by atoms with Crippen molar-refractivity contribution in [3.05, 3.63) is 48.3 Å². The van der Waals surface area contributed by atoms with Gasteiger partial charge in [-0.1, -0.05) is 0 Å². The van der Waals surface area contributed by atoms with Crippen LogP contribution < -0.4 is 5.32 Å². The van der Waals surface area contributed by atoms with Gasteiger partial charge in [0.2, 0.25) is 5.95 Å². The fourth-order valence-corrected chi connectivity index (χ4v) is 2.00. The Morgan fingerprint density at radius 3 is 2.75 bits per heavy atom. The Morgan fingerprint density at radius 2 is 2.05 bits per heavy atom. The molecule has 0 radical (unpaired) electrons. The Morgan fingerprint density at radius 1 is 1.30 bits per heavy atom. The summed E-state index contributed by atoms with van der Waals surface area (Å²) in [6.07, 6.45) is 5.74. The van der Waals surface area contributed by atoms with Gasteiger partial charge in [0.1, 0.15) is 5.82 Å². The average molecular weight is 273 g/mol. The van der Waals surface area contributed by atoms with Crippen molar-refractivity contribution in [2.75, 3.05) is 18.4 Å². The lowest BCUT2D eigenvalue weighted by molar-refractivity contribution is 0.0623. The number of amides is 1. The molecule has 20 heavy (non-hydrogen) atoms. The quantitative estimate of drug-likeness (QED) is 0.901. The van der Waals surface area contributed by atoms with Crippen LogP contribution in [0.5, 0.6) is 0 Å². The lowest BCUT2D eigenvalue weighted by Gasteiger charge is -2.39. The van der Waals surface area contributed by atoms with Gasteiger partial charge in [-0.2, -0.15) is 0 Å². The number of anilines is 1. The number of halogens is 1. The van der Waals surface area contributed by atoms with Crippen molar-refractivity contribution in [1.29, 1.82) is 0 Å². The zero-order chi connectivity index (χ0) is 13.9. The molecule has 2 aromatic heterocycles. The minimum absolute atomic E-state index is 0.114. The minimum atomic E-state index is -0.510. The van der Waals surface area contributed by atoms with E-state index in [1.807, 2.05) is 0 Å². The third-order valence-electron chi connectivity index (χ3n) is 3.02. The maximum Gasteiger partial charge on any atom is 0.255 e. The predicted octanol–water partition coefficient (Wildman–Crippen LogP) is 0.947. The molecule has 3 heterocycles. The number of nitrogens with zero attached hydrogens (tertiary/aromatic N) is 4. The molecule has 3 rings (SSSR count). The number of hydrogen-bond donors (Lipinski definition) is 1. The van der Waals surface area contributed by atoms with Crippen molar-refractivity contribution < 1.29 is 9.18 Å². The van der Waals surface area contributed by atoms with E-state index in [4.69, 9.17) is 0 Å². The van der Waals surface area contributed by atoms with Crippen LogP contribution in [-0.2, 0) is 0 Å².